The Morgan fingerprint density at radius 1 is 1.29 bits per heavy atom. The highest BCUT2D eigenvalue weighted by molar-refractivity contribution is 7.99. The Morgan fingerprint density at radius 2 is 2.12 bits per heavy atom. The van der Waals surface area contributed by atoms with Crippen LogP contribution in [-0.2, 0) is 17.1 Å². The van der Waals surface area contributed by atoms with Crippen molar-refractivity contribution in [1.82, 2.24) is 10.3 Å². The van der Waals surface area contributed by atoms with Crippen LogP contribution < -0.4 is 5.32 Å². The number of carbonyl (C=O) groups is 1. The SMILES string of the molecule is Cc1ccc(CNC(=O)CSCc2csc(-c3ccco3)n2)cc1. The Hall–Kier alpha value is -2.05. The molecule has 0 saturated carbocycles. The maximum Gasteiger partial charge on any atom is 0.230 e. The first kappa shape index (κ1) is 16.8. The van der Waals surface area contributed by atoms with Gasteiger partial charge in [0.15, 0.2) is 10.8 Å². The molecule has 0 bridgehead atoms. The molecular formula is C18H18N2O2S2. The van der Waals surface area contributed by atoms with E-state index in [1.807, 2.05) is 29.6 Å². The molecule has 2 aromatic heterocycles. The van der Waals surface area contributed by atoms with Gasteiger partial charge < -0.3 is 9.73 Å². The van der Waals surface area contributed by atoms with Gasteiger partial charge >= 0.3 is 0 Å². The lowest BCUT2D eigenvalue weighted by molar-refractivity contribution is -0.118. The molecule has 24 heavy (non-hydrogen) atoms. The summed E-state index contributed by atoms with van der Waals surface area (Å²) in [6, 6.07) is 11.9. The van der Waals surface area contributed by atoms with Crippen molar-refractivity contribution >= 4 is 29.0 Å². The summed E-state index contributed by atoms with van der Waals surface area (Å²) in [5.41, 5.74) is 3.31. The number of rotatable bonds is 7. The van der Waals surface area contributed by atoms with Crippen LogP contribution in [0.4, 0.5) is 0 Å². The fourth-order valence-corrected chi connectivity index (χ4v) is 3.73. The molecule has 0 atom stereocenters. The summed E-state index contributed by atoms with van der Waals surface area (Å²) in [5.74, 6) is 1.98. The highest BCUT2D eigenvalue weighted by atomic mass is 32.2. The van der Waals surface area contributed by atoms with Crippen molar-refractivity contribution in [3.8, 4) is 10.8 Å². The molecule has 0 spiro atoms. The van der Waals surface area contributed by atoms with Crippen LogP contribution >= 0.6 is 23.1 Å². The van der Waals surface area contributed by atoms with Crippen molar-refractivity contribution in [1.29, 1.82) is 0 Å². The number of aromatic nitrogens is 1. The van der Waals surface area contributed by atoms with Gasteiger partial charge in [-0.25, -0.2) is 4.98 Å². The molecule has 0 aliphatic heterocycles. The third kappa shape index (κ3) is 4.72. The van der Waals surface area contributed by atoms with Crippen LogP contribution in [-0.4, -0.2) is 16.6 Å². The summed E-state index contributed by atoms with van der Waals surface area (Å²) in [6.07, 6.45) is 1.64. The van der Waals surface area contributed by atoms with Gasteiger partial charge in [-0.15, -0.1) is 23.1 Å². The number of hydrogen-bond acceptors (Lipinski definition) is 5. The summed E-state index contributed by atoms with van der Waals surface area (Å²) < 4.78 is 5.33. The number of nitrogens with one attached hydrogen (secondary N) is 1. The molecule has 2 heterocycles. The average Bonchev–Trinajstić information content (AvgIpc) is 3.25. The van der Waals surface area contributed by atoms with E-state index in [-0.39, 0.29) is 5.91 Å². The molecule has 0 unspecified atom stereocenters. The minimum absolute atomic E-state index is 0.0436. The first-order valence-corrected chi connectivity index (χ1v) is 9.62. The zero-order valence-corrected chi connectivity index (χ0v) is 15.0. The van der Waals surface area contributed by atoms with E-state index in [4.69, 9.17) is 4.42 Å². The van der Waals surface area contributed by atoms with Crippen molar-refractivity contribution in [3.05, 3.63) is 64.9 Å². The van der Waals surface area contributed by atoms with Gasteiger partial charge in [0.05, 0.1) is 17.7 Å². The summed E-state index contributed by atoms with van der Waals surface area (Å²) >= 11 is 3.12. The molecule has 3 rings (SSSR count). The zero-order valence-electron chi connectivity index (χ0n) is 13.3. The lowest BCUT2D eigenvalue weighted by atomic mass is 10.1. The van der Waals surface area contributed by atoms with Gasteiger partial charge in [0.25, 0.3) is 0 Å². The van der Waals surface area contributed by atoms with Crippen LogP contribution in [0.3, 0.4) is 0 Å². The molecule has 0 aliphatic carbocycles. The Bertz CT molecular complexity index is 780. The summed E-state index contributed by atoms with van der Waals surface area (Å²) in [4.78, 5) is 16.4. The van der Waals surface area contributed by atoms with E-state index in [1.165, 1.54) is 5.56 Å². The molecule has 0 saturated heterocycles. The minimum Gasteiger partial charge on any atom is -0.462 e. The third-order valence-corrected chi connectivity index (χ3v) is 5.25. The van der Waals surface area contributed by atoms with Crippen LogP contribution in [0.1, 0.15) is 16.8 Å². The average molecular weight is 358 g/mol. The van der Waals surface area contributed by atoms with E-state index in [0.717, 1.165) is 27.8 Å². The van der Waals surface area contributed by atoms with E-state index in [9.17, 15) is 4.79 Å². The molecule has 0 radical (unpaired) electrons. The van der Waals surface area contributed by atoms with Crippen LogP contribution in [0.25, 0.3) is 10.8 Å². The number of hydrogen-bond donors (Lipinski definition) is 1. The largest absolute Gasteiger partial charge is 0.462 e. The zero-order chi connectivity index (χ0) is 16.8. The Balaban J connectivity index is 1.40. The summed E-state index contributed by atoms with van der Waals surface area (Å²) in [5, 5.41) is 5.82. The molecule has 0 aliphatic rings. The van der Waals surface area contributed by atoms with Gasteiger partial charge in [-0.05, 0) is 24.6 Å². The first-order valence-electron chi connectivity index (χ1n) is 7.59. The number of carbonyl (C=O) groups excluding carboxylic acids is 1. The van der Waals surface area contributed by atoms with Gasteiger partial charge in [-0.3, -0.25) is 4.79 Å². The number of amides is 1. The fourth-order valence-electron chi connectivity index (χ4n) is 2.09. The van der Waals surface area contributed by atoms with E-state index in [1.54, 1.807) is 29.4 Å². The van der Waals surface area contributed by atoms with Gasteiger partial charge in [0.2, 0.25) is 5.91 Å². The Kier molecular flexibility index (Phi) is 5.72. The second-order valence-corrected chi connectivity index (χ2v) is 7.22. The van der Waals surface area contributed by atoms with E-state index in [0.29, 0.717) is 12.3 Å². The van der Waals surface area contributed by atoms with E-state index >= 15 is 0 Å². The van der Waals surface area contributed by atoms with Gasteiger partial charge in [0, 0.05) is 17.7 Å². The normalized spacial score (nSPS) is 10.7. The number of nitrogens with zero attached hydrogens (tertiary/aromatic N) is 1. The predicted molar refractivity (Wildman–Crippen MR) is 99.0 cm³/mol. The van der Waals surface area contributed by atoms with Crippen LogP contribution in [0, 0.1) is 6.92 Å². The predicted octanol–water partition coefficient (Wildman–Crippen LogP) is 4.26. The minimum atomic E-state index is 0.0436. The van der Waals surface area contributed by atoms with E-state index < -0.39 is 0 Å². The second-order valence-electron chi connectivity index (χ2n) is 5.38. The Labute approximate surface area is 149 Å². The van der Waals surface area contributed by atoms with Crippen LogP contribution in [0.2, 0.25) is 0 Å². The smallest absolute Gasteiger partial charge is 0.230 e. The Morgan fingerprint density at radius 3 is 2.88 bits per heavy atom. The number of thiazole rings is 1. The molecule has 1 amide bonds. The van der Waals surface area contributed by atoms with Crippen molar-refractivity contribution in [2.45, 2.75) is 19.2 Å². The van der Waals surface area contributed by atoms with Crippen LogP contribution in [0.5, 0.6) is 0 Å². The number of benzene rings is 1. The maximum atomic E-state index is 11.9. The molecule has 0 fully saturated rings. The molecule has 1 N–H and O–H groups in total. The summed E-state index contributed by atoms with van der Waals surface area (Å²) in [7, 11) is 0. The molecule has 6 heteroatoms. The highest BCUT2D eigenvalue weighted by Gasteiger charge is 2.08. The van der Waals surface area contributed by atoms with Gasteiger partial charge in [-0.2, -0.15) is 0 Å². The van der Waals surface area contributed by atoms with E-state index in [2.05, 4.69) is 29.4 Å². The topological polar surface area (TPSA) is 55.1 Å². The summed E-state index contributed by atoms with van der Waals surface area (Å²) in [6.45, 7) is 2.62. The van der Waals surface area contributed by atoms with Gasteiger partial charge in [0.1, 0.15) is 0 Å². The van der Waals surface area contributed by atoms with Gasteiger partial charge in [-0.1, -0.05) is 29.8 Å². The third-order valence-electron chi connectivity index (χ3n) is 3.38. The second kappa shape index (κ2) is 8.17. The lowest BCUT2D eigenvalue weighted by Gasteiger charge is -2.05. The van der Waals surface area contributed by atoms with Crippen LogP contribution in [0.15, 0.2) is 52.5 Å². The number of furan rings is 1. The first-order chi connectivity index (χ1) is 11.7. The quantitative estimate of drug-likeness (QED) is 0.685. The molecule has 3 aromatic rings. The molecule has 124 valence electrons. The monoisotopic (exact) mass is 358 g/mol. The fraction of sp³-hybridized carbons (Fsp3) is 0.222. The maximum absolute atomic E-state index is 11.9. The number of thioether (sulfide) groups is 1. The van der Waals surface area contributed by atoms with Crippen molar-refractivity contribution in [3.63, 3.8) is 0 Å². The number of aryl methyl sites for hydroxylation is 1. The molecular weight excluding hydrogens is 340 g/mol. The molecule has 4 nitrogen and oxygen atoms in total. The standard InChI is InChI=1S/C18H18N2O2S2/c1-13-4-6-14(7-5-13)9-19-17(21)12-23-10-15-11-24-18(20-15)16-3-2-8-22-16/h2-8,11H,9-10,12H2,1H3,(H,19,21). The lowest BCUT2D eigenvalue weighted by Crippen LogP contribution is -2.24. The molecule has 1 aromatic carbocycles. The van der Waals surface area contributed by atoms with Crippen molar-refractivity contribution < 1.29 is 9.21 Å². The highest BCUT2D eigenvalue weighted by Crippen LogP contribution is 2.25. The van der Waals surface area contributed by atoms with Crippen molar-refractivity contribution in [2.75, 3.05) is 5.75 Å². The van der Waals surface area contributed by atoms with Crippen molar-refractivity contribution in [2.24, 2.45) is 0 Å².